The quantitative estimate of drug-likeness (QED) is 0.563. The Hall–Kier alpha value is -3.73. The highest BCUT2D eigenvalue weighted by Gasteiger charge is 2.31. The van der Waals surface area contributed by atoms with Crippen molar-refractivity contribution in [1.29, 1.82) is 0 Å². The third kappa shape index (κ3) is 4.58. The Balaban J connectivity index is 1.66. The second kappa shape index (κ2) is 9.02. The zero-order valence-corrected chi connectivity index (χ0v) is 18.8. The van der Waals surface area contributed by atoms with E-state index in [0.717, 1.165) is 27.5 Å². The number of benzene rings is 1. The summed E-state index contributed by atoms with van der Waals surface area (Å²) < 4.78 is 2.29. The molecule has 0 spiro atoms. The Bertz CT molecular complexity index is 1380. The van der Waals surface area contributed by atoms with E-state index in [-0.39, 0.29) is 41.2 Å². The minimum atomic E-state index is -0.622. The molecule has 2 aromatic heterocycles. The molecule has 1 unspecified atom stereocenters. The van der Waals surface area contributed by atoms with Crippen LogP contribution in [-0.4, -0.2) is 55.4 Å². The summed E-state index contributed by atoms with van der Waals surface area (Å²) in [5.74, 6) is -0.673. The summed E-state index contributed by atoms with van der Waals surface area (Å²) in [5, 5.41) is 1.71. The van der Waals surface area contributed by atoms with Crippen LogP contribution >= 0.6 is 11.8 Å². The Morgan fingerprint density at radius 1 is 1.06 bits per heavy atom. The largest absolute Gasteiger partial charge is 0.347 e. The lowest BCUT2D eigenvalue weighted by Crippen LogP contribution is -2.44. The normalized spacial score (nSPS) is 15.6. The molecule has 0 aliphatic carbocycles. The number of nitrogens with zero attached hydrogens (tertiary/aromatic N) is 4. The number of aromatic nitrogens is 3. The number of hydrogen-bond acceptors (Lipinski definition) is 7. The van der Waals surface area contributed by atoms with Gasteiger partial charge in [0.1, 0.15) is 12.2 Å². The molecule has 3 heterocycles. The number of carbonyl (C=O) groups excluding carboxylic acids is 3. The van der Waals surface area contributed by atoms with E-state index in [4.69, 9.17) is 0 Å². The first-order valence-electron chi connectivity index (χ1n) is 10.1. The van der Waals surface area contributed by atoms with E-state index in [0.29, 0.717) is 6.42 Å². The van der Waals surface area contributed by atoms with Crippen molar-refractivity contribution < 1.29 is 14.4 Å². The summed E-state index contributed by atoms with van der Waals surface area (Å²) in [6, 6.07) is 10.5. The monoisotopic (exact) mass is 467 g/mol. The van der Waals surface area contributed by atoms with Crippen molar-refractivity contribution in [2.24, 2.45) is 0 Å². The summed E-state index contributed by atoms with van der Waals surface area (Å²) in [6.45, 7) is -0.228. The highest BCUT2D eigenvalue weighted by atomic mass is 32.2. The molecular weight excluding hydrogens is 446 g/mol. The molecule has 0 bridgehead atoms. The lowest BCUT2D eigenvalue weighted by atomic mass is 10.1. The van der Waals surface area contributed by atoms with Gasteiger partial charge in [-0.25, -0.2) is 9.78 Å². The zero-order valence-electron chi connectivity index (χ0n) is 18.0. The molecule has 1 atom stereocenters. The first-order valence-corrected chi connectivity index (χ1v) is 11.0. The van der Waals surface area contributed by atoms with E-state index in [2.05, 4.69) is 10.3 Å². The van der Waals surface area contributed by atoms with Gasteiger partial charge in [0, 0.05) is 20.3 Å². The van der Waals surface area contributed by atoms with Crippen LogP contribution in [0.25, 0.3) is 11.0 Å². The highest BCUT2D eigenvalue weighted by Crippen LogP contribution is 2.23. The number of rotatable bonds is 6. The Labute approximate surface area is 192 Å². The molecule has 1 aliphatic heterocycles. The van der Waals surface area contributed by atoms with Crippen LogP contribution in [0.4, 0.5) is 4.79 Å². The van der Waals surface area contributed by atoms with Crippen LogP contribution in [-0.2, 0) is 29.1 Å². The van der Waals surface area contributed by atoms with Crippen LogP contribution in [0.5, 0.6) is 0 Å². The minimum Gasteiger partial charge on any atom is -0.347 e. The van der Waals surface area contributed by atoms with E-state index in [1.165, 1.54) is 15.7 Å². The van der Waals surface area contributed by atoms with E-state index in [9.17, 15) is 24.0 Å². The van der Waals surface area contributed by atoms with Gasteiger partial charge in [-0.1, -0.05) is 36.0 Å². The lowest BCUT2D eigenvalue weighted by Gasteiger charge is -2.15. The summed E-state index contributed by atoms with van der Waals surface area (Å²) in [5.41, 5.74) is 0.701. The lowest BCUT2D eigenvalue weighted by molar-refractivity contribution is -0.129. The van der Waals surface area contributed by atoms with Crippen LogP contribution in [0, 0.1) is 0 Å². The fourth-order valence-electron chi connectivity index (χ4n) is 3.51. The van der Waals surface area contributed by atoms with Gasteiger partial charge in [-0.05, 0) is 29.7 Å². The molecule has 11 heteroatoms. The average molecular weight is 468 g/mol. The van der Waals surface area contributed by atoms with Gasteiger partial charge in [-0.15, -0.1) is 0 Å². The van der Waals surface area contributed by atoms with Crippen LogP contribution in [0.2, 0.25) is 0 Å². The van der Waals surface area contributed by atoms with Gasteiger partial charge in [0.05, 0.1) is 17.2 Å². The number of carbonyl (C=O) groups is 3. The second-order valence-corrected chi connectivity index (χ2v) is 9.00. The fourth-order valence-corrected chi connectivity index (χ4v) is 4.37. The summed E-state index contributed by atoms with van der Waals surface area (Å²) in [7, 11) is 3.11. The Morgan fingerprint density at radius 3 is 2.39 bits per heavy atom. The maximum Gasteiger partial charge on any atom is 0.333 e. The second-order valence-electron chi connectivity index (χ2n) is 7.83. The molecular formula is C22H21N5O5S. The molecule has 170 valence electrons. The van der Waals surface area contributed by atoms with Crippen molar-refractivity contribution in [3.63, 3.8) is 0 Å². The van der Waals surface area contributed by atoms with Gasteiger partial charge >= 0.3 is 5.69 Å². The molecule has 0 radical (unpaired) electrons. The van der Waals surface area contributed by atoms with Crippen molar-refractivity contribution in [1.82, 2.24) is 24.3 Å². The molecule has 4 rings (SSSR count). The summed E-state index contributed by atoms with van der Waals surface area (Å²) in [6.07, 6.45) is 1.91. The van der Waals surface area contributed by atoms with Crippen LogP contribution in [0.3, 0.4) is 0 Å². The molecule has 1 aromatic carbocycles. The van der Waals surface area contributed by atoms with Gasteiger partial charge < -0.3 is 4.90 Å². The molecule has 3 amide bonds. The maximum atomic E-state index is 13.2. The maximum absolute atomic E-state index is 13.2. The molecule has 33 heavy (non-hydrogen) atoms. The average Bonchev–Trinajstić information content (AvgIpc) is 3.11. The fraction of sp³-hybridized carbons (Fsp3) is 0.273. The van der Waals surface area contributed by atoms with Crippen molar-refractivity contribution in [3.8, 4) is 0 Å². The van der Waals surface area contributed by atoms with E-state index in [1.807, 2.05) is 24.3 Å². The third-order valence-electron chi connectivity index (χ3n) is 5.32. The molecule has 10 nitrogen and oxygen atoms in total. The number of pyridine rings is 1. The zero-order chi connectivity index (χ0) is 23.7. The van der Waals surface area contributed by atoms with Crippen LogP contribution in [0.1, 0.15) is 11.1 Å². The molecule has 1 N–H and O–H groups in total. The SMILES string of the molecule is CN(C)C(=O)Cn1c(=O)c2cccnc2n(Cc2ccc(CC3SC(=O)NC3=O)cc2)c1=O. The van der Waals surface area contributed by atoms with Crippen molar-refractivity contribution in [3.05, 3.63) is 74.6 Å². The number of amides is 3. The first-order chi connectivity index (χ1) is 15.7. The van der Waals surface area contributed by atoms with E-state index in [1.54, 1.807) is 26.2 Å². The van der Waals surface area contributed by atoms with Crippen LogP contribution < -0.4 is 16.6 Å². The van der Waals surface area contributed by atoms with Gasteiger partial charge in [-0.2, -0.15) is 0 Å². The van der Waals surface area contributed by atoms with Crippen LogP contribution in [0.15, 0.2) is 52.2 Å². The number of thioether (sulfide) groups is 1. The summed E-state index contributed by atoms with van der Waals surface area (Å²) >= 11 is 0.972. The summed E-state index contributed by atoms with van der Waals surface area (Å²) in [4.78, 5) is 66.9. The Morgan fingerprint density at radius 2 is 1.76 bits per heavy atom. The van der Waals surface area contributed by atoms with Crippen molar-refractivity contribution in [2.75, 3.05) is 14.1 Å². The first kappa shape index (κ1) is 22.5. The van der Waals surface area contributed by atoms with Gasteiger partial charge in [0.15, 0.2) is 0 Å². The number of nitrogens with one attached hydrogen (secondary N) is 1. The molecule has 1 saturated heterocycles. The van der Waals surface area contributed by atoms with Gasteiger partial charge in [0.2, 0.25) is 11.8 Å². The molecule has 1 fully saturated rings. The number of imide groups is 1. The van der Waals surface area contributed by atoms with Crippen molar-refractivity contribution >= 4 is 39.8 Å². The minimum absolute atomic E-state index is 0.139. The van der Waals surface area contributed by atoms with Gasteiger partial charge in [0.25, 0.3) is 10.8 Å². The smallest absolute Gasteiger partial charge is 0.333 e. The molecule has 0 saturated carbocycles. The van der Waals surface area contributed by atoms with Gasteiger partial charge in [-0.3, -0.25) is 33.6 Å². The third-order valence-corrected chi connectivity index (χ3v) is 6.31. The topological polar surface area (TPSA) is 123 Å². The number of fused-ring (bicyclic) bond motifs is 1. The number of likely N-dealkylation sites (N-methyl/N-ethyl adjacent to an activating group) is 1. The molecule has 1 aliphatic rings. The standard InChI is InChI=1S/C22H21N5O5S/c1-25(2)17(28)12-27-20(30)15-4-3-9-23-18(15)26(22(27)32)11-14-7-5-13(6-8-14)10-16-19(29)24-21(31)33-16/h3-9,16H,10-12H2,1-2H3,(H,24,29,31). The highest BCUT2D eigenvalue weighted by molar-refractivity contribution is 8.15. The predicted molar refractivity (Wildman–Crippen MR) is 123 cm³/mol. The number of hydrogen-bond donors (Lipinski definition) is 1. The Kier molecular flexibility index (Phi) is 6.14. The van der Waals surface area contributed by atoms with E-state index < -0.39 is 16.5 Å². The molecule has 3 aromatic rings. The van der Waals surface area contributed by atoms with Crippen molar-refractivity contribution in [2.45, 2.75) is 24.8 Å². The van der Waals surface area contributed by atoms with E-state index >= 15 is 0 Å². The predicted octanol–water partition coefficient (Wildman–Crippen LogP) is 0.589.